The number of rotatable bonds is 1. The summed E-state index contributed by atoms with van der Waals surface area (Å²) in [6.45, 7) is 0. The molecule has 0 aliphatic rings. The van der Waals surface area contributed by atoms with Crippen molar-refractivity contribution in [2.75, 3.05) is 0 Å². The summed E-state index contributed by atoms with van der Waals surface area (Å²) in [5.41, 5.74) is 1.47. The number of carbonyl (C=O) groups is 1. The Hall–Kier alpha value is 0.761. The molecular formula is CH6BaN2O3. The number of nitrogens with two attached hydrogens (primary N) is 1. The Bertz CT molecular complexity index is 56.9. The Labute approximate surface area is 80.2 Å². The van der Waals surface area contributed by atoms with Gasteiger partial charge in [-0.3, -0.25) is 0 Å². The Morgan fingerprint density at radius 3 is 2.29 bits per heavy atom. The predicted molar refractivity (Wildman–Crippen MR) is 25.0 cm³/mol. The monoisotopic (exact) mass is 232 g/mol. The summed E-state index contributed by atoms with van der Waals surface area (Å²) in [4.78, 5) is 12.7. The van der Waals surface area contributed by atoms with Crippen LogP contribution in [0.25, 0.3) is 0 Å². The SMILES string of the molecule is NNOC(=O)O.[BaH2]. The summed E-state index contributed by atoms with van der Waals surface area (Å²) in [5, 5.41) is 7.55. The van der Waals surface area contributed by atoms with Gasteiger partial charge in [-0.15, -0.1) is 0 Å². The molecule has 5 nitrogen and oxygen atoms in total. The molecule has 7 heavy (non-hydrogen) atoms. The number of hydrogen-bond donors (Lipinski definition) is 3. The molecule has 0 unspecified atom stereocenters. The van der Waals surface area contributed by atoms with Gasteiger partial charge in [-0.25, -0.2) is 10.6 Å². The first kappa shape index (κ1) is 10.7. The van der Waals surface area contributed by atoms with Crippen molar-refractivity contribution in [3.05, 3.63) is 0 Å². The third kappa shape index (κ3) is 10.8. The molecule has 0 spiro atoms. The van der Waals surface area contributed by atoms with Gasteiger partial charge in [-0.1, -0.05) is 5.59 Å². The second kappa shape index (κ2) is 6.76. The summed E-state index contributed by atoms with van der Waals surface area (Å²) in [6.07, 6.45) is -1.45. The topological polar surface area (TPSA) is 84.6 Å². The van der Waals surface area contributed by atoms with E-state index in [0.29, 0.717) is 0 Å². The van der Waals surface area contributed by atoms with Crippen LogP contribution in [0.2, 0.25) is 0 Å². The van der Waals surface area contributed by atoms with E-state index in [4.69, 9.17) is 5.11 Å². The Kier molecular flexibility index (Phi) is 10.3. The van der Waals surface area contributed by atoms with Crippen LogP contribution in [0.15, 0.2) is 0 Å². The van der Waals surface area contributed by atoms with Crippen LogP contribution in [-0.4, -0.2) is 60.1 Å². The molecule has 40 valence electrons. The van der Waals surface area contributed by atoms with Crippen LogP contribution < -0.4 is 11.4 Å². The zero-order valence-corrected chi connectivity index (χ0v) is 2.84. The zero-order chi connectivity index (χ0) is 4.99. The number of hydrogen-bond acceptors (Lipinski definition) is 4. The molecule has 0 saturated carbocycles. The third-order valence-electron chi connectivity index (χ3n) is 0.146. The first-order chi connectivity index (χ1) is 2.77. The number of hydrazine groups is 1. The van der Waals surface area contributed by atoms with Crippen molar-refractivity contribution in [3.63, 3.8) is 0 Å². The predicted octanol–water partition coefficient (Wildman–Crippen LogP) is -1.86. The molecule has 0 amide bonds. The Morgan fingerprint density at radius 1 is 1.86 bits per heavy atom. The Morgan fingerprint density at radius 2 is 2.29 bits per heavy atom. The molecule has 0 aromatic heterocycles. The maximum absolute atomic E-state index is 9.23. The van der Waals surface area contributed by atoms with Gasteiger partial charge in [-0.2, -0.15) is 0 Å². The molecule has 0 heterocycles. The third-order valence-corrected chi connectivity index (χ3v) is 0.146. The van der Waals surface area contributed by atoms with Gasteiger partial charge in [0, 0.05) is 0 Å². The van der Waals surface area contributed by atoms with Gasteiger partial charge in [0.25, 0.3) is 0 Å². The molecule has 0 bridgehead atoms. The molecule has 4 N–H and O–H groups in total. The second-order valence-electron chi connectivity index (χ2n) is 0.486. The minimum atomic E-state index is -1.45. The molecule has 0 atom stereocenters. The van der Waals surface area contributed by atoms with Gasteiger partial charge in [0.1, 0.15) is 0 Å². The fourth-order valence-corrected chi connectivity index (χ4v) is 0.0504. The van der Waals surface area contributed by atoms with Crippen molar-refractivity contribution in [1.29, 1.82) is 0 Å². The molecular weight excluding hydrogens is 225 g/mol. The minimum absolute atomic E-state index is 0. The van der Waals surface area contributed by atoms with Crippen molar-refractivity contribution in [2.45, 2.75) is 0 Å². The molecule has 0 aromatic carbocycles. The van der Waals surface area contributed by atoms with E-state index in [-0.39, 0.29) is 48.9 Å². The number of nitrogens with one attached hydrogen (secondary N) is 1. The summed E-state index contributed by atoms with van der Waals surface area (Å²) >= 11 is 0. The van der Waals surface area contributed by atoms with Gasteiger partial charge in [0.05, 0.1) is 0 Å². The molecule has 6 heteroatoms. The van der Waals surface area contributed by atoms with Gasteiger partial charge >= 0.3 is 55.0 Å². The first-order valence-corrected chi connectivity index (χ1v) is 1.12. The van der Waals surface area contributed by atoms with Crippen molar-refractivity contribution in [2.24, 2.45) is 5.84 Å². The summed E-state index contributed by atoms with van der Waals surface area (Å²) in [7, 11) is 0. The Balaban J connectivity index is 0. The van der Waals surface area contributed by atoms with Crippen LogP contribution in [0, 0.1) is 0 Å². The van der Waals surface area contributed by atoms with Gasteiger partial charge in [-0.05, 0) is 0 Å². The van der Waals surface area contributed by atoms with E-state index in [9.17, 15) is 4.79 Å². The molecule has 0 aliphatic carbocycles. The molecule has 0 rings (SSSR count). The summed E-state index contributed by atoms with van der Waals surface area (Å²) in [5.74, 6) is 4.38. The van der Waals surface area contributed by atoms with Crippen molar-refractivity contribution < 1.29 is 14.7 Å². The van der Waals surface area contributed by atoms with Crippen LogP contribution in [-0.2, 0) is 4.84 Å². The van der Waals surface area contributed by atoms with E-state index < -0.39 is 6.16 Å². The molecule has 0 aromatic rings. The van der Waals surface area contributed by atoms with Crippen LogP contribution >= 0.6 is 0 Å². The standard InChI is InChI=1S/CH4N2O3.Ba.2H/c2-3-6-1(4)5;;;/h3H,2H2,(H,4,5);;;. The molecule has 0 aliphatic heterocycles. The summed E-state index contributed by atoms with van der Waals surface area (Å²) < 4.78 is 0. The molecule has 0 fully saturated rings. The van der Waals surface area contributed by atoms with E-state index >= 15 is 0 Å². The van der Waals surface area contributed by atoms with Gasteiger partial charge in [0.2, 0.25) is 0 Å². The van der Waals surface area contributed by atoms with E-state index in [1.807, 2.05) is 0 Å². The van der Waals surface area contributed by atoms with E-state index in [0.717, 1.165) is 0 Å². The second-order valence-corrected chi connectivity index (χ2v) is 0.486. The van der Waals surface area contributed by atoms with Crippen molar-refractivity contribution >= 4 is 55.0 Å². The average molecular weight is 231 g/mol. The number of carboxylic acid groups (broad SMARTS) is 1. The van der Waals surface area contributed by atoms with E-state index in [2.05, 4.69) is 10.7 Å². The molecule has 0 radical (unpaired) electrons. The van der Waals surface area contributed by atoms with Crippen LogP contribution in [0.1, 0.15) is 0 Å². The normalized spacial score (nSPS) is 6.43. The van der Waals surface area contributed by atoms with Crippen LogP contribution in [0.3, 0.4) is 0 Å². The van der Waals surface area contributed by atoms with E-state index in [1.54, 1.807) is 0 Å². The van der Waals surface area contributed by atoms with Crippen molar-refractivity contribution in [1.82, 2.24) is 5.59 Å². The first-order valence-electron chi connectivity index (χ1n) is 1.12. The van der Waals surface area contributed by atoms with Gasteiger partial charge in [0.15, 0.2) is 0 Å². The zero-order valence-electron chi connectivity index (χ0n) is 2.84. The van der Waals surface area contributed by atoms with Crippen molar-refractivity contribution in [3.8, 4) is 0 Å². The van der Waals surface area contributed by atoms with E-state index in [1.165, 1.54) is 5.59 Å². The average Bonchev–Trinajstić information content (AvgIpc) is 1.35. The maximum atomic E-state index is 9.23. The van der Waals surface area contributed by atoms with Crippen LogP contribution in [0.4, 0.5) is 4.79 Å². The molecule has 0 saturated heterocycles. The van der Waals surface area contributed by atoms with Crippen LogP contribution in [0.5, 0.6) is 0 Å². The fraction of sp³-hybridized carbons (Fsp3) is 0. The van der Waals surface area contributed by atoms with Gasteiger partial charge < -0.3 is 9.94 Å². The summed E-state index contributed by atoms with van der Waals surface area (Å²) in [6, 6.07) is 0. The fourth-order valence-electron chi connectivity index (χ4n) is 0.0504. The quantitative estimate of drug-likeness (QED) is 0.280.